The maximum Gasteiger partial charge on any atom is 0.225 e. The number of aliphatic hydroxyl groups excluding tert-OH is 1. The summed E-state index contributed by atoms with van der Waals surface area (Å²) in [4.78, 5) is 9.49. The highest BCUT2D eigenvalue weighted by atomic mass is 35.5. The first kappa shape index (κ1) is 15.2. The average molecular weight is 334 g/mol. The van der Waals surface area contributed by atoms with E-state index in [1.807, 2.05) is 0 Å². The number of aliphatic hydroxyl groups is 1. The summed E-state index contributed by atoms with van der Waals surface area (Å²) in [5.41, 5.74) is 3.46. The van der Waals surface area contributed by atoms with Crippen molar-refractivity contribution in [3.8, 4) is 11.1 Å². The zero-order valence-corrected chi connectivity index (χ0v) is 13.7. The largest absolute Gasteiger partial charge is 0.396 e. The van der Waals surface area contributed by atoms with Gasteiger partial charge in [-0.25, -0.2) is 9.97 Å². The number of aryl methyl sites for hydroxylation is 1. The third kappa shape index (κ3) is 3.06. The van der Waals surface area contributed by atoms with Crippen LogP contribution in [0.5, 0.6) is 0 Å². The Morgan fingerprint density at radius 3 is 2.73 bits per heavy atom. The minimum absolute atomic E-state index is 0.142. The fourth-order valence-electron chi connectivity index (χ4n) is 2.28. The molecule has 2 aromatic heterocycles. The monoisotopic (exact) mass is 333 g/mol. The normalized spacial score (nSPS) is 11.0. The molecule has 114 valence electrons. The number of anilines is 1. The first-order valence-electron chi connectivity index (χ1n) is 7.05. The number of rotatable bonds is 5. The molecule has 6 heteroatoms. The van der Waals surface area contributed by atoms with Crippen molar-refractivity contribution < 1.29 is 5.11 Å². The van der Waals surface area contributed by atoms with Crippen molar-refractivity contribution in [3.05, 3.63) is 40.5 Å². The second kappa shape index (κ2) is 6.60. The molecule has 0 fully saturated rings. The number of nitrogens with one attached hydrogen (secondary N) is 1. The maximum atomic E-state index is 8.93. The third-order valence-corrected chi connectivity index (χ3v) is 4.44. The molecule has 2 heterocycles. The van der Waals surface area contributed by atoms with Crippen LogP contribution in [0.25, 0.3) is 21.3 Å². The van der Waals surface area contributed by atoms with Crippen molar-refractivity contribution >= 4 is 39.0 Å². The van der Waals surface area contributed by atoms with Gasteiger partial charge in [0.1, 0.15) is 10.6 Å². The summed E-state index contributed by atoms with van der Waals surface area (Å²) in [6, 6.07) is 8.38. The molecular weight excluding hydrogens is 318 g/mol. The van der Waals surface area contributed by atoms with Crippen molar-refractivity contribution in [1.29, 1.82) is 0 Å². The highest BCUT2D eigenvalue weighted by Gasteiger charge is 2.14. The van der Waals surface area contributed by atoms with Crippen LogP contribution in [-0.4, -0.2) is 28.2 Å². The van der Waals surface area contributed by atoms with Gasteiger partial charge in [-0.1, -0.05) is 29.8 Å². The summed E-state index contributed by atoms with van der Waals surface area (Å²) in [6.45, 7) is 2.85. The second-order valence-electron chi connectivity index (χ2n) is 5.04. The predicted molar refractivity (Wildman–Crippen MR) is 92.8 cm³/mol. The van der Waals surface area contributed by atoms with Gasteiger partial charge in [0.15, 0.2) is 0 Å². The van der Waals surface area contributed by atoms with Crippen molar-refractivity contribution in [1.82, 2.24) is 9.97 Å². The van der Waals surface area contributed by atoms with Gasteiger partial charge < -0.3 is 10.4 Å². The molecule has 0 saturated carbocycles. The van der Waals surface area contributed by atoms with Crippen LogP contribution in [0.3, 0.4) is 0 Å². The van der Waals surface area contributed by atoms with Gasteiger partial charge >= 0.3 is 0 Å². The van der Waals surface area contributed by atoms with E-state index < -0.39 is 0 Å². The number of hydrogen-bond acceptors (Lipinski definition) is 5. The fourth-order valence-corrected chi connectivity index (χ4v) is 3.44. The van der Waals surface area contributed by atoms with E-state index >= 15 is 0 Å². The maximum absolute atomic E-state index is 8.93. The Morgan fingerprint density at radius 2 is 2.00 bits per heavy atom. The van der Waals surface area contributed by atoms with E-state index in [1.54, 1.807) is 11.3 Å². The molecular formula is C16H16ClN3OS. The molecule has 4 nitrogen and oxygen atoms in total. The van der Waals surface area contributed by atoms with E-state index in [2.05, 4.69) is 51.9 Å². The summed E-state index contributed by atoms with van der Waals surface area (Å²) < 4.78 is 0. The summed E-state index contributed by atoms with van der Waals surface area (Å²) in [5.74, 6) is 0.722. The third-order valence-electron chi connectivity index (χ3n) is 3.40. The van der Waals surface area contributed by atoms with E-state index in [4.69, 9.17) is 16.7 Å². The quantitative estimate of drug-likeness (QED) is 0.545. The molecule has 0 bridgehead atoms. The van der Waals surface area contributed by atoms with E-state index in [0.29, 0.717) is 13.0 Å². The number of aromatic nitrogens is 2. The van der Waals surface area contributed by atoms with Crippen LogP contribution >= 0.6 is 22.9 Å². The zero-order valence-electron chi connectivity index (χ0n) is 12.1. The Labute approximate surface area is 137 Å². The molecule has 0 unspecified atom stereocenters. The van der Waals surface area contributed by atoms with Gasteiger partial charge in [-0.2, -0.15) is 0 Å². The standard InChI is InChI=1S/C16H16ClN3OS/c1-10-3-5-11(6-4-10)12-9-22-15-13(12)14(18-7-2-8-21)19-16(17)20-15/h3-6,9,21H,2,7-8H2,1H3,(H,18,19,20). The van der Waals surface area contributed by atoms with Crippen molar-refractivity contribution in [3.63, 3.8) is 0 Å². The van der Waals surface area contributed by atoms with E-state index in [1.165, 1.54) is 5.56 Å². The van der Waals surface area contributed by atoms with Gasteiger partial charge in [0.05, 0.1) is 5.39 Å². The van der Waals surface area contributed by atoms with Crippen molar-refractivity contribution in [2.24, 2.45) is 0 Å². The Hall–Kier alpha value is -1.69. The number of fused-ring (bicyclic) bond motifs is 1. The molecule has 3 aromatic rings. The van der Waals surface area contributed by atoms with Crippen LogP contribution < -0.4 is 5.32 Å². The lowest BCUT2D eigenvalue weighted by Crippen LogP contribution is -2.06. The van der Waals surface area contributed by atoms with Gasteiger partial charge in [-0.05, 0) is 30.5 Å². The lowest BCUT2D eigenvalue weighted by molar-refractivity contribution is 0.292. The second-order valence-corrected chi connectivity index (χ2v) is 6.24. The first-order chi connectivity index (χ1) is 10.7. The molecule has 0 radical (unpaired) electrons. The van der Waals surface area contributed by atoms with Gasteiger partial charge in [-0.3, -0.25) is 0 Å². The molecule has 0 aliphatic rings. The molecule has 0 spiro atoms. The Bertz CT molecular complexity index is 786. The molecule has 22 heavy (non-hydrogen) atoms. The molecule has 0 amide bonds. The molecule has 3 rings (SSSR count). The molecule has 1 aromatic carbocycles. The van der Waals surface area contributed by atoms with Gasteiger partial charge in [-0.15, -0.1) is 11.3 Å². The molecule has 0 aliphatic carbocycles. The van der Waals surface area contributed by atoms with Crippen LogP contribution in [0.4, 0.5) is 5.82 Å². The first-order valence-corrected chi connectivity index (χ1v) is 8.31. The van der Waals surface area contributed by atoms with Crippen LogP contribution in [0, 0.1) is 6.92 Å². The molecule has 0 atom stereocenters. The Balaban J connectivity index is 2.09. The smallest absolute Gasteiger partial charge is 0.225 e. The van der Waals surface area contributed by atoms with Crippen molar-refractivity contribution in [2.75, 3.05) is 18.5 Å². The van der Waals surface area contributed by atoms with Gasteiger partial charge in [0, 0.05) is 24.1 Å². The summed E-state index contributed by atoms with van der Waals surface area (Å²) >= 11 is 7.56. The molecule has 0 saturated heterocycles. The lowest BCUT2D eigenvalue weighted by atomic mass is 10.0. The van der Waals surface area contributed by atoms with Crippen LogP contribution in [-0.2, 0) is 0 Å². The lowest BCUT2D eigenvalue weighted by Gasteiger charge is -2.08. The highest BCUT2D eigenvalue weighted by Crippen LogP contribution is 2.37. The molecule has 2 N–H and O–H groups in total. The zero-order chi connectivity index (χ0) is 15.5. The minimum Gasteiger partial charge on any atom is -0.396 e. The van der Waals surface area contributed by atoms with Gasteiger partial charge in [0.2, 0.25) is 5.28 Å². The topological polar surface area (TPSA) is 58.0 Å². The van der Waals surface area contributed by atoms with Crippen molar-refractivity contribution in [2.45, 2.75) is 13.3 Å². The SMILES string of the molecule is Cc1ccc(-c2csc3nc(Cl)nc(NCCCO)c23)cc1. The minimum atomic E-state index is 0.142. The number of nitrogens with zero attached hydrogens (tertiary/aromatic N) is 2. The van der Waals surface area contributed by atoms with Gasteiger partial charge in [0.25, 0.3) is 0 Å². The Morgan fingerprint density at radius 1 is 1.23 bits per heavy atom. The average Bonchev–Trinajstić information content (AvgIpc) is 2.92. The highest BCUT2D eigenvalue weighted by molar-refractivity contribution is 7.17. The number of benzene rings is 1. The number of halogens is 1. The summed E-state index contributed by atoms with van der Waals surface area (Å²) in [7, 11) is 0. The number of thiophene rings is 1. The van der Waals surface area contributed by atoms with Crippen LogP contribution in [0.1, 0.15) is 12.0 Å². The Kier molecular flexibility index (Phi) is 4.57. The fraction of sp³-hybridized carbons (Fsp3) is 0.250. The predicted octanol–water partition coefficient (Wildman–Crippen LogP) is 4.11. The molecule has 0 aliphatic heterocycles. The van der Waals surface area contributed by atoms with Crippen LogP contribution in [0.15, 0.2) is 29.6 Å². The van der Waals surface area contributed by atoms with E-state index in [9.17, 15) is 0 Å². The van der Waals surface area contributed by atoms with Crippen LogP contribution in [0.2, 0.25) is 5.28 Å². The van der Waals surface area contributed by atoms with E-state index in [0.717, 1.165) is 27.2 Å². The van der Waals surface area contributed by atoms with E-state index in [-0.39, 0.29) is 11.9 Å². The number of hydrogen-bond donors (Lipinski definition) is 2. The summed E-state index contributed by atoms with van der Waals surface area (Å²) in [5, 5.41) is 15.5. The summed E-state index contributed by atoms with van der Waals surface area (Å²) in [6.07, 6.45) is 0.660.